The first-order valence-corrected chi connectivity index (χ1v) is 9.71. The van der Waals surface area contributed by atoms with E-state index in [1.807, 2.05) is 19.1 Å². The third kappa shape index (κ3) is 5.85. The molecule has 2 aromatic carbocycles. The molecule has 28 heavy (non-hydrogen) atoms. The van der Waals surface area contributed by atoms with Crippen LogP contribution in [0.25, 0.3) is 6.08 Å². The molecule has 0 saturated heterocycles. The van der Waals surface area contributed by atoms with Crippen molar-refractivity contribution < 1.29 is 14.3 Å². The van der Waals surface area contributed by atoms with E-state index in [9.17, 15) is 10.1 Å². The van der Waals surface area contributed by atoms with E-state index >= 15 is 0 Å². The number of halogens is 2. The smallest absolute Gasteiger partial charge is 0.266 e. The number of nitriles is 2. The Morgan fingerprint density at radius 3 is 2.50 bits per heavy atom. The number of nitrogens with one attached hydrogen (secondary N) is 1. The molecular formula is C20H15Br2N3O3. The van der Waals surface area contributed by atoms with Crippen molar-refractivity contribution >= 4 is 49.5 Å². The summed E-state index contributed by atoms with van der Waals surface area (Å²) in [4.78, 5) is 12.4. The van der Waals surface area contributed by atoms with Crippen LogP contribution in [0.2, 0.25) is 0 Å². The van der Waals surface area contributed by atoms with Crippen LogP contribution >= 0.6 is 31.9 Å². The number of ether oxygens (including phenoxy) is 2. The number of benzene rings is 2. The summed E-state index contributed by atoms with van der Waals surface area (Å²) in [6.07, 6.45) is 1.45. The fourth-order valence-electron chi connectivity index (χ4n) is 2.23. The fourth-order valence-corrected chi connectivity index (χ4v) is 3.06. The number of hydrogen-bond acceptors (Lipinski definition) is 5. The molecule has 0 saturated carbocycles. The Balaban J connectivity index is 2.32. The second-order valence-electron chi connectivity index (χ2n) is 5.34. The first-order chi connectivity index (χ1) is 13.5. The second kappa shape index (κ2) is 10.5. The van der Waals surface area contributed by atoms with Gasteiger partial charge in [0.25, 0.3) is 5.91 Å². The number of nitrogens with zero attached hydrogens (tertiary/aromatic N) is 2. The van der Waals surface area contributed by atoms with Crippen LogP contribution in [0.1, 0.15) is 12.5 Å². The summed E-state index contributed by atoms with van der Waals surface area (Å²) < 4.78 is 12.4. The zero-order chi connectivity index (χ0) is 20.5. The lowest BCUT2D eigenvalue weighted by Crippen LogP contribution is -2.13. The highest BCUT2D eigenvalue weighted by atomic mass is 79.9. The molecule has 142 valence electrons. The predicted molar refractivity (Wildman–Crippen MR) is 113 cm³/mol. The number of rotatable bonds is 7. The van der Waals surface area contributed by atoms with Crippen LogP contribution in [0.15, 0.2) is 50.9 Å². The van der Waals surface area contributed by atoms with Gasteiger partial charge in [0, 0.05) is 10.2 Å². The third-order valence-electron chi connectivity index (χ3n) is 3.39. The highest BCUT2D eigenvalue weighted by Gasteiger charge is 2.14. The molecular weight excluding hydrogens is 490 g/mol. The minimum absolute atomic E-state index is 0.0667. The lowest BCUT2D eigenvalue weighted by atomic mass is 10.1. The van der Waals surface area contributed by atoms with E-state index in [1.165, 1.54) is 6.08 Å². The fraction of sp³-hybridized carbons (Fsp3) is 0.150. The third-order valence-corrected chi connectivity index (χ3v) is 4.51. The Kier molecular flexibility index (Phi) is 8.06. The SMILES string of the molecule is CCOc1cc(/C=C(\C#N)C(=O)Nc2ccc(Br)cc2)cc(Br)c1OCC#N. The Labute approximate surface area is 179 Å². The minimum atomic E-state index is -0.524. The van der Waals surface area contributed by atoms with Crippen LogP contribution < -0.4 is 14.8 Å². The topological polar surface area (TPSA) is 95.1 Å². The van der Waals surface area contributed by atoms with Crippen molar-refractivity contribution in [1.82, 2.24) is 0 Å². The van der Waals surface area contributed by atoms with Crippen LogP contribution in [0, 0.1) is 22.7 Å². The van der Waals surface area contributed by atoms with Crippen molar-refractivity contribution in [2.75, 3.05) is 18.5 Å². The molecule has 0 aliphatic carbocycles. The molecule has 0 aliphatic heterocycles. The highest BCUT2D eigenvalue weighted by molar-refractivity contribution is 9.10. The van der Waals surface area contributed by atoms with Gasteiger partial charge in [-0.15, -0.1) is 0 Å². The summed E-state index contributed by atoms with van der Waals surface area (Å²) >= 11 is 6.70. The summed E-state index contributed by atoms with van der Waals surface area (Å²) in [5, 5.41) is 20.8. The molecule has 0 aliphatic rings. The number of amides is 1. The quantitative estimate of drug-likeness (QED) is 0.420. The normalized spacial score (nSPS) is 10.5. The van der Waals surface area contributed by atoms with Crippen LogP contribution in [0.4, 0.5) is 5.69 Å². The molecule has 0 unspecified atom stereocenters. The summed E-state index contributed by atoms with van der Waals surface area (Å²) in [5.41, 5.74) is 1.08. The van der Waals surface area contributed by atoms with Crippen molar-refractivity contribution in [3.8, 4) is 23.6 Å². The second-order valence-corrected chi connectivity index (χ2v) is 7.11. The van der Waals surface area contributed by atoms with Gasteiger partial charge in [0.05, 0.1) is 11.1 Å². The van der Waals surface area contributed by atoms with Gasteiger partial charge in [-0.05, 0) is 70.9 Å². The molecule has 0 bridgehead atoms. The molecule has 0 spiro atoms. The average Bonchev–Trinajstić information content (AvgIpc) is 2.67. The Bertz CT molecular complexity index is 974. The van der Waals surface area contributed by atoms with E-state index in [-0.39, 0.29) is 12.2 Å². The summed E-state index contributed by atoms with van der Waals surface area (Å²) in [5.74, 6) is 0.270. The van der Waals surface area contributed by atoms with E-state index in [4.69, 9.17) is 14.7 Å². The zero-order valence-corrected chi connectivity index (χ0v) is 18.0. The molecule has 0 heterocycles. The lowest BCUT2D eigenvalue weighted by molar-refractivity contribution is -0.112. The highest BCUT2D eigenvalue weighted by Crippen LogP contribution is 2.37. The molecule has 0 atom stereocenters. The molecule has 0 fully saturated rings. The maximum Gasteiger partial charge on any atom is 0.266 e. The number of hydrogen-bond donors (Lipinski definition) is 1. The molecule has 2 rings (SSSR count). The monoisotopic (exact) mass is 503 g/mol. The Morgan fingerprint density at radius 2 is 1.89 bits per heavy atom. The zero-order valence-electron chi connectivity index (χ0n) is 14.8. The van der Waals surface area contributed by atoms with Crippen molar-refractivity contribution in [3.63, 3.8) is 0 Å². The molecule has 8 heteroatoms. The molecule has 0 radical (unpaired) electrons. The van der Waals surface area contributed by atoms with Gasteiger partial charge in [0.1, 0.15) is 17.7 Å². The Hall–Kier alpha value is -2.81. The van der Waals surface area contributed by atoms with Gasteiger partial charge >= 0.3 is 0 Å². The summed E-state index contributed by atoms with van der Waals surface area (Å²) in [6.45, 7) is 2.07. The number of anilines is 1. The predicted octanol–water partition coefficient (Wildman–Crippen LogP) is 5.06. The van der Waals surface area contributed by atoms with E-state index in [0.717, 1.165) is 4.47 Å². The van der Waals surface area contributed by atoms with Gasteiger partial charge in [0.15, 0.2) is 18.1 Å². The molecule has 1 N–H and O–H groups in total. The Morgan fingerprint density at radius 1 is 1.18 bits per heavy atom. The van der Waals surface area contributed by atoms with Crippen LogP contribution in [0.3, 0.4) is 0 Å². The van der Waals surface area contributed by atoms with Crippen molar-refractivity contribution in [3.05, 3.63) is 56.5 Å². The van der Waals surface area contributed by atoms with Gasteiger partial charge in [-0.3, -0.25) is 4.79 Å². The number of carbonyl (C=O) groups is 1. The van der Waals surface area contributed by atoms with Crippen LogP contribution in [0.5, 0.6) is 11.5 Å². The maximum atomic E-state index is 12.4. The van der Waals surface area contributed by atoms with Gasteiger partial charge in [-0.1, -0.05) is 15.9 Å². The molecule has 0 aromatic heterocycles. The minimum Gasteiger partial charge on any atom is -0.490 e. The molecule has 2 aromatic rings. The van der Waals surface area contributed by atoms with E-state index in [0.29, 0.717) is 33.8 Å². The van der Waals surface area contributed by atoms with Crippen LogP contribution in [-0.4, -0.2) is 19.1 Å². The van der Waals surface area contributed by atoms with E-state index < -0.39 is 5.91 Å². The van der Waals surface area contributed by atoms with Crippen molar-refractivity contribution in [1.29, 1.82) is 10.5 Å². The van der Waals surface area contributed by atoms with Crippen molar-refractivity contribution in [2.45, 2.75) is 6.92 Å². The molecule has 1 amide bonds. The summed E-state index contributed by atoms with van der Waals surface area (Å²) in [7, 11) is 0. The standard InChI is InChI=1S/C20H15Br2N3O3/c1-2-27-18-11-13(10-17(22)19(18)28-8-7-23)9-14(12-24)20(26)25-16-5-3-15(21)4-6-16/h3-6,9-11H,2,8H2,1H3,(H,25,26)/b14-9+. The first kappa shape index (κ1) is 21.5. The summed E-state index contributed by atoms with van der Waals surface area (Å²) in [6, 6.07) is 14.2. The number of carbonyl (C=O) groups excluding carboxylic acids is 1. The van der Waals surface area contributed by atoms with E-state index in [2.05, 4.69) is 37.2 Å². The first-order valence-electron chi connectivity index (χ1n) is 8.13. The van der Waals surface area contributed by atoms with Gasteiger partial charge < -0.3 is 14.8 Å². The lowest BCUT2D eigenvalue weighted by Gasteiger charge is -2.13. The maximum absolute atomic E-state index is 12.4. The van der Waals surface area contributed by atoms with Gasteiger partial charge in [-0.2, -0.15) is 10.5 Å². The molecule has 6 nitrogen and oxygen atoms in total. The van der Waals surface area contributed by atoms with Gasteiger partial charge in [0.2, 0.25) is 0 Å². The van der Waals surface area contributed by atoms with Crippen molar-refractivity contribution in [2.24, 2.45) is 0 Å². The van der Waals surface area contributed by atoms with Gasteiger partial charge in [-0.25, -0.2) is 0 Å². The average molecular weight is 505 g/mol. The van der Waals surface area contributed by atoms with E-state index in [1.54, 1.807) is 36.4 Å². The van der Waals surface area contributed by atoms with Crippen LogP contribution in [-0.2, 0) is 4.79 Å². The largest absolute Gasteiger partial charge is 0.490 e.